The van der Waals surface area contributed by atoms with Crippen LogP contribution in [-0.4, -0.2) is 9.97 Å². The molecule has 0 radical (unpaired) electrons. The van der Waals surface area contributed by atoms with Gasteiger partial charge in [-0.05, 0) is 17.7 Å². The third-order valence-electron chi connectivity index (χ3n) is 2.91. The smallest absolute Gasteiger partial charge is 0.137 e. The van der Waals surface area contributed by atoms with Crippen molar-refractivity contribution in [2.24, 2.45) is 5.84 Å². The highest BCUT2D eigenvalue weighted by Crippen LogP contribution is 2.18. The fourth-order valence-electron chi connectivity index (χ4n) is 1.96. The number of aromatic nitrogens is 2. The van der Waals surface area contributed by atoms with Crippen LogP contribution in [0.25, 0.3) is 11.0 Å². The lowest BCUT2D eigenvalue weighted by Gasteiger charge is -2.18. The van der Waals surface area contributed by atoms with E-state index in [0.717, 1.165) is 16.7 Å². The van der Waals surface area contributed by atoms with E-state index in [4.69, 9.17) is 5.84 Å². The van der Waals surface area contributed by atoms with Crippen LogP contribution in [0.1, 0.15) is 5.56 Å². The van der Waals surface area contributed by atoms with E-state index in [0.29, 0.717) is 6.54 Å². The van der Waals surface area contributed by atoms with Crippen LogP contribution in [0.3, 0.4) is 0 Å². The first kappa shape index (κ1) is 10.8. The Morgan fingerprint density at radius 3 is 2.83 bits per heavy atom. The molecule has 0 bridgehead atoms. The lowest BCUT2D eigenvalue weighted by atomic mass is 10.2. The number of anilines is 1. The Bertz CT molecular complexity index is 645. The number of H-pyrrole nitrogens is 1. The van der Waals surface area contributed by atoms with E-state index in [-0.39, 0.29) is 0 Å². The fraction of sp³-hybridized carbons (Fsp3) is 0.0714. The first-order valence-electron chi connectivity index (χ1n) is 5.82. The number of hydrogen-bond donors (Lipinski definition) is 2. The van der Waals surface area contributed by atoms with Crippen LogP contribution in [0.5, 0.6) is 0 Å². The van der Waals surface area contributed by atoms with Crippen molar-refractivity contribution in [3.05, 3.63) is 60.4 Å². The van der Waals surface area contributed by atoms with Crippen molar-refractivity contribution in [1.82, 2.24) is 9.97 Å². The summed E-state index contributed by atoms with van der Waals surface area (Å²) in [4.78, 5) is 7.39. The Morgan fingerprint density at radius 2 is 2.00 bits per heavy atom. The largest absolute Gasteiger partial charge is 0.346 e. The summed E-state index contributed by atoms with van der Waals surface area (Å²) in [6, 6.07) is 14.2. The Balaban J connectivity index is 1.85. The number of pyridine rings is 1. The number of nitrogens with one attached hydrogen (secondary N) is 1. The van der Waals surface area contributed by atoms with Gasteiger partial charge in [-0.15, -0.1) is 0 Å². The average molecular weight is 238 g/mol. The van der Waals surface area contributed by atoms with Crippen LogP contribution in [-0.2, 0) is 6.54 Å². The number of aromatic amines is 1. The Hall–Kier alpha value is -2.33. The van der Waals surface area contributed by atoms with Crippen molar-refractivity contribution in [2.75, 3.05) is 5.01 Å². The molecular weight excluding hydrogens is 224 g/mol. The van der Waals surface area contributed by atoms with Crippen molar-refractivity contribution in [3.63, 3.8) is 0 Å². The zero-order valence-electron chi connectivity index (χ0n) is 9.88. The molecule has 3 rings (SSSR count). The lowest BCUT2D eigenvalue weighted by Crippen LogP contribution is -2.30. The van der Waals surface area contributed by atoms with Gasteiger partial charge in [0.15, 0.2) is 0 Å². The first-order chi connectivity index (χ1) is 8.83. The van der Waals surface area contributed by atoms with Gasteiger partial charge in [-0.25, -0.2) is 10.8 Å². The van der Waals surface area contributed by atoms with Gasteiger partial charge in [0, 0.05) is 11.6 Å². The third-order valence-corrected chi connectivity index (χ3v) is 2.91. The lowest BCUT2D eigenvalue weighted by molar-refractivity contribution is 0.851. The Kier molecular flexibility index (Phi) is 2.70. The van der Waals surface area contributed by atoms with Crippen molar-refractivity contribution in [3.8, 4) is 0 Å². The number of nitrogens with zero attached hydrogens (tertiary/aromatic N) is 2. The fourth-order valence-corrected chi connectivity index (χ4v) is 1.96. The van der Waals surface area contributed by atoms with Crippen molar-refractivity contribution < 1.29 is 0 Å². The van der Waals surface area contributed by atoms with Crippen LogP contribution < -0.4 is 10.9 Å². The standard InChI is InChI=1S/C14H14N4/c15-18(10-11-4-2-1-3-5-11)13-8-12-6-7-16-14(12)17-9-13/h1-9H,10,15H2,(H,16,17). The number of hydrazine groups is 1. The normalized spacial score (nSPS) is 10.7. The second-order valence-corrected chi connectivity index (χ2v) is 4.22. The van der Waals surface area contributed by atoms with Crippen LogP contribution >= 0.6 is 0 Å². The molecule has 0 saturated carbocycles. The number of fused-ring (bicyclic) bond motifs is 1. The van der Waals surface area contributed by atoms with Crippen molar-refractivity contribution in [1.29, 1.82) is 0 Å². The molecule has 1 aromatic carbocycles. The molecule has 0 aliphatic rings. The van der Waals surface area contributed by atoms with E-state index in [9.17, 15) is 0 Å². The molecule has 0 atom stereocenters. The zero-order valence-corrected chi connectivity index (χ0v) is 9.88. The maximum atomic E-state index is 6.07. The molecule has 0 spiro atoms. The molecule has 4 heteroatoms. The van der Waals surface area contributed by atoms with Crippen molar-refractivity contribution in [2.45, 2.75) is 6.54 Å². The average Bonchev–Trinajstić information content (AvgIpc) is 2.87. The third kappa shape index (κ3) is 2.06. The number of hydrogen-bond acceptors (Lipinski definition) is 3. The molecule has 0 aliphatic heterocycles. The highest BCUT2D eigenvalue weighted by molar-refractivity contribution is 5.78. The maximum absolute atomic E-state index is 6.07. The summed E-state index contributed by atoms with van der Waals surface area (Å²) in [7, 11) is 0. The minimum atomic E-state index is 0.665. The minimum absolute atomic E-state index is 0.665. The van der Waals surface area contributed by atoms with Crippen LogP contribution in [0.15, 0.2) is 54.9 Å². The van der Waals surface area contributed by atoms with Gasteiger partial charge < -0.3 is 9.99 Å². The van der Waals surface area contributed by atoms with Gasteiger partial charge in [0.1, 0.15) is 5.65 Å². The number of benzene rings is 1. The molecule has 0 amide bonds. The molecule has 3 aromatic rings. The molecule has 90 valence electrons. The van der Waals surface area contributed by atoms with Gasteiger partial charge in [-0.2, -0.15) is 0 Å². The van der Waals surface area contributed by atoms with Gasteiger partial charge in [-0.3, -0.25) is 0 Å². The SMILES string of the molecule is NN(Cc1ccccc1)c1cnc2[nH]ccc2c1. The predicted octanol–water partition coefficient (Wildman–Crippen LogP) is 2.44. The van der Waals surface area contributed by atoms with E-state index in [1.165, 1.54) is 5.56 Å². The van der Waals surface area contributed by atoms with Gasteiger partial charge in [0.25, 0.3) is 0 Å². The van der Waals surface area contributed by atoms with E-state index >= 15 is 0 Å². The molecule has 0 fully saturated rings. The monoisotopic (exact) mass is 238 g/mol. The summed E-state index contributed by atoms with van der Waals surface area (Å²) in [5.74, 6) is 6.07. The molecule has 18 heavy (non-hydrogen) atoms. The molecule has 0 saturated heterocycles. The molecule has 2 aromatic heterocycles. The van der Waals surface area contributed by atoms with Crippen LogP contribution in [0, 0.1) is 0 Å². The van der Waals surface area contributed by atoms with E-state index in [1.54, 1.807) is 11.2 Å². The summed E-state index contributed by atoms with van der Waals surface area (Å²) in [6.07, 6.45) is 3.65. The zero-order chi connectivity index (χ0) is 12.4. The summed E-state index contributed by atoms with van der Waals surface area (Å²) in [5.41, 5.74) is 2.96. The summed E-state index contributed by atoms with van der Waals surface area (Å²) >= 11 is 0. The molecular formula is C14H14N4. The van der Waals surface area contributed by atoms with Gasteiger partial charge in [-0.1, -0.05) is 30.3 Å². The predicted molar refractivity (Wildman–Crippen MR) is 72.9 cm³/mol. The number of rotatable bonds is 3. The number of nitrogens with two attached hydrogens (primary N) is 1. The first-order valence-corrected chi connectivity index (χ1v) is 5.82. The second-order valence-electron chi connectivity index (χ2n) is 4.22. The molecule has 0 aliphatic carbocycles. The highest BCUT2D eigenvalue weighted by Gasteiger charge is 2.05. The highest BCUT2D eigenvalue weighted by atomic mass is 15.4. The summed E-state index contributed by atoms with van der Waals surface area (Å²) in [6.45, 7) is 0.665. The van der Waals surface area contributed by atoms with Crippen LogP contribution in [0.2, 0.25) is 0 Å². The van der Waals surface area contributed by atoms with Gasteiger partial charge in [0.2, 0.25) is 0 Å². The van der Waals surface area contributed by atoms with Gasteiger partial charge in [0.05, 0.1) is 18.4 Å². The molecule has 4 nitrogen and oxygen atoms in total. The molecule has 3 N–H and O–H groups in total. The summed E-state index contributed by atoms with van der Waals surface area (Å²) < 4.78 is 0. The van der Waals surface area contributed by atoms with E-state index < -0.39 is 0 Å². The second kappa shape index (κ2) is 4.50. The van der Waals surface area contributed by atoms with Crippen molar-refractivity contribution >= 4 is 16.7 Å². The van der Waals surface area contributed by atoms with E-state index in [1.807, 2.05) is 36.5 Å². The topological polar surface area (TPSA) is 57.9 Å². The quantitative estimate of drug-likeness (QED) is 0.544. The Labute approximate surface area is 105 Å². The van der Waals surface area contributed by atoms with Gasteiger partial charge >= 0.3 is 0 Å². The molecule has 2 heterocycles. The molecule has 0 unspecified atom stereocenters. The van der Waals surface area contributed by atoms with Crippen LogP contribution in [0.4, 0.5) is 5.69 Å². The Morgan fingerprint density at radius 1 is 1.17 bits per heavy atom. The maximum Gasteiger partial charge on any atom is 0.137 e. The summed E-state index contributed by atoms with van der Waals surface area (Å²) in [5, 5.41) is 2.77. The van der Waals surface area contributed by atoms with E-state index in [2.05, 4.69) is 22.1 Å². The minimum Gasteiger partial charge on any atom is -0.346 e.